The van der Waals surface area contributed by atoms with Crippen LogP contribution in [-0.4, -0.2) is 44.5 Å². The number of nitriles is 1. The molecule has 2 aromatic carbocycles. The van der Waals surface area contributed by atoms with Crippen LogP contribution in [-0.2, 0) is 11.2 Å². The van der Waals surface area contributed by atoms with Crippen molar-refractivity contribution in [2.75, 3.05) is 33.6 Å². The minimum atomic E-state index is -0.124. The molecule has 0 aliphatic heterocycles. The van der Waals surface area contributed by atoms with Gasteiger partial charge in [0.1, 0.15) is 16.8 Å². The molecule has 0 bridgehead atoms. The Bertz CT molecular complexity index is 1140. The molecule has 3 aromatic rings. The fourth-order valence-electron chi connectivity index (χ4n) is 3.13. The molecule has 0 spiro atoms. The summed E-state index contributed by atoms with van der Waals surface area (Å²) in [6, 6.07) is 18.9. The second-order valence-corrected chi connectivity index (χ2v) is 7.93. The van der Waals surface area contributed by atoms with E-state index < -0.39 is 0 Å². The Morgan fingerprint density at radius 2 is 1.76 bits per heavy atom. The van der Waals surface area contributed by atoms with Crippen molar-refractivity contribution in [2.45, 2.75) is 11.4 Å². The second kappa shape index (κ2) is 11.8. The molecule has 1 heterocycles. The molecule has 1 amide bonds. The first-order chi connectivity index (χ1) is 16.1. The van der Waals surface area contributed by atoms with E-state index >= 15 is 0 Å². The van der Waals surface area contributed by atoms with Crippen LogP contribution in [0.4, 0.5) is 0 Å². The number of benzene rings is 2. The van der Waals surface area contributed by atoms with Gasteiger partial charge in [-0.05, 0) is 60.5 Å². The molecular formula is C25H25N3O4S. The number of carbonyl (C=O) groups is 1. The molecule has 7 nitrogen and oxygen atoms in total. The zero-order chi connectivity index (χ0) is 23.6. The van der Waals surface area contributed by atoms with Crippen molar-refractivity contribution < 1.29 is 19.0 Å². The van der Waals surface area contributed by atoms with Crippen LogP contribution < -0.4 is 19.5 Å². The Labute approximate surface area is 197 Å². The van der Waals surface area contributed by atoms with Gasteiger partial charge in [0.05, 0.1) is 38.3 Å². The highest BCUT2D eigenvalue weighted by Gasteiger charge is 2.11. The molecule has 0 saturated carbocycles. The van der Waals surface area contributed by atoms with Crippen LogP contribution in [0.5, 0.6) is 17.2 Å². The first kappa shape index (κ1) is 24.0. The van der Waals surface area contributed by atoms with Gasteiger partial charge in [-0.1, -0.05) is 17.8 Å². The van der Waals surface area contributed by atoms with Crippen LogP contribution in [0.2, 0.25) is 0 Å². The van der Waals surface area contributed by atoms with Crippen LogP contribution >= 0.6 is 11.8 Å². The Morgan fingerprint density at radius 1 is 1.00 bits per heavy atom. The Balaban J connectivity index is 1.57. The van der Waals surface area contributed by atoms with E-state index in [0.717, 1.165) is 22.6 Å². The molecule has 0 saturated heterocycles. The van der Waals surface area contributed by atoms with Crippen LogP contribution in [0.3, 0.4) is 0 Å². The Morgan fingerprint density at radius 3 is 2.42 bits per heavy atom. The number of ether oxygens (including phenoxy) is 3. The fraction of sp³-hybridized carbons (Fsp3) is 0.240. The number of hydrogen-bond donors (Lipinski definition) is 1. The normalized spacial score (nSPS) is 10.2. The van der Waals surface area contributed by atoms with Crippen molar-refractivity contribution in [1.82, 2.24) is 10.3 Å². The van der Waals surface area contributed by atoms with E-state index in [4.69, 9.17) is 14.2 Å². The number of methoxy groups -OCH3 is 3. The molecule has 3 rings (SSSR count). The maximum atomic E-state index is 12.4. The summed E-state index contributed by atoms with van der Waals surface area (Å²) in [5.41, 5.74) is 3.10. The molecule has 0 aliphatic rings. The third kappa shape index (κ3) is 6.40. The summed E-state index contributed by atoms with van der Waals surface area (Å²) < 4.78 is 15.7. The summed E-state index contributed by atoms with van der Waals surface area (Å²) in [6.45, 7) is 0.485. The molecule has 1 N–H and O–H groups in total. The van der Waals surface area contributed by atoms with E-state index in [1.165, 1.54) is 11.8 Å². The minimum absolute atomic E-state index is 0.124. The largest absolute Gasteiger partial charge is 0.497 e. The standard InChI is InChI=1S/C25H25N3O4S/c1-30-20-8-5-18(6-9-20)21-10-7-19(15-26)25(28-21)33-16-24(29)27-13-12-17-4-11-22(31-2)23(14-17)32-3/h4-11,14H,12-13,16H2,1-3H3,(H,27,29). The molecule has 8 heteroatoms. The lowest BCUT2D eigenvalue weighted by atomic mass is 10.1. The van der Waals surface area contributed by atoms with Gasteiger partial charge in [-0.25, -0.2) is 4.98 Å². The van der Waals surface area contributed by atoms with Crippen molar-refractivity contribution in [1.29, 1.82) is 5.26 Å². The number of rotatable bonds is 10. The van der Waals surface area contributed by atoms with Crippen LogP contribution in [0.25, 0.3) is 11.3 Å². The topological polar surface area (TPSA) is 93.5 Å². The smallest absolute Gasteiger partial charge is 0.230 e. The third-order valence-corrected chi connectivity index (χ3v) is 5.88. The number of hydrogen-bond acceptors (Lipinski definition) is 7. The van der Waals surface area contributed by atoms with Gasteiger partial charge >= 0.3 is 0 Å². The number of amides is 1. The molecule has 0 aliphatic carbocycles. The van der Waals surface area contributed by atoms with Crippen molar-refractivity contribution in [3.05, 3.63) is 65.7 Å². The van der Waals surface area contributed by atoms with E-state index in [2.05, 4.69) is 16.4 Å². The quantitative estimate of drug-likeness (QED) is 0.453. The molecule has 0 fully saturated rings. The zero-order valence-corrected chi connectivity index (χ0v) is 19.6. The SMILES string of the molecule is COc1ccc(-c2ccc(C#N)c(SCC(=O)NCCc3ccc(OC)c(OC)c3)n2)cc1. The van der Waals surface area contributed by atoms with E-state index in [1.54, 1.807) is 33.5 Å². The summed E-state index contributed by atoms with van der Waals surface area (Å²) >= 11 is 1.25. The van der Waals surface area contributed by atoms with Crippen molar-refractivity contribution >= 4 is 17.7 Å². The minimum Gasteiger partial charge on any atom is -0.497 e. The summed E-state index contributed by atoms with van der Waals surface area (Å²) in [7, 11) is 4.80. The monoisotopic (exact) mass is 463 g/mol. The van der Waals surface area contributed by atoms with Crippen LogP contribution in [0, 0.1) is 11.3 Å². The lowest BCUT2D eigenvalue weighted by Crippen LogP contribution is -2.27. The van der Waals surface area contributed by atoms with Gasteiger partial charge in [0.15, 0.2) is 11.5 Å². The summed E-state index contributed by atoms with van der Waals surface area (Å²) in [6.07, 6.45) is 0.658. The van der Waals surface area contributed by atoms with Crippen LogP contribution in [0.15, 0.2) is 59.6 Å². The van der Waals surface area contributed by atoms with Gasteiger partial charge in [-0.3, -0.25) is 4.79 Å². The predicted octanol–water partition coefficient (Wildman–Crippen LogP) is 4.10. The maximum Gasteiger partial charge on any atom is 0.230 e. The third-order valence-electron chi connectivity index (χ3n) is 4.89. The molecule has 0 atom stereocenters. The molecule has 1 aromatic heterocycles. The Hall–Kier alpha value is -3.70. The predicted molar refractivity (Wildman–Crippen MR) is 128 cm³/mol. The molecule has 33 heavy (non-hydrogen) atoms. The molecule has 0 unspecified atom stereocenters. The lowest BCUT2D eigenvalue weighted by molar-refractivity contribution is -0.118. The highest BCUT2D eigenvalue weighted by atomic mass is 32.2. The second-order valence-electron chi connectivity index (χ2n) is 6.97. The first-order valence-corrected chi connectivity index (χ1v) is 11.2. The van der Waals surface area contributed by atoms with Gasteiger partial charge in [0.2, 0.25) is 5.91 Å². The number of carbonyl (C=O) groups excluding carboxylic acids is 1. The first-order valence-electron chi connectivity index (χ1n) is 10.2. The highest BCUT2D eigenvalue weighted by Crippen LogP contribution is 2.28. The maximum absolute atomic E-state index is 12.4. The van der Waals surface area contributed by atoms with Crippen LogP contribution in [0.1, 0.15) is 11.1 Å². The van der Waals surface area contributed by atoms with Gasteiger partial charge in [-0.2, -0.15) is 5.26 Å². The van der Waals surface area contributed by atoms with Crippen molar-refractivity contribution in [2.24, 2.45) is 0 Å². The fourth-order valence-corrected chi connectivity index (χ4v) is 3.93. The highest BCUT2D eigenvalue weighted by molar-refractivity contribution is 8.00. The lowest BCUT2D eigenvalue weighted by Gasteiger charge is -2.10. The average molecular weight is 464 g/mol. The average Bonchev–Trinajstić information content (AvgIpc) is 2.87. The van der Waals surface area contributed by atoms with Gasteiger partial charge in [0, 0.05) is 12.1 Å². The molecule has 0 radical (unpaired) electrons. The van der Waals surface area contributed by atoms with E-state index in [0.29, 0.717) is 35.1 Å². The molecule has 170 valence electrons. The summed E-state index contributed by atoms with van der Waals surface area (Å²) in [5, 5.41) is 12.9. The number of thioether (sulfide) groups is 1. The van der Waals surface area contributed by atoms with E-state index in [1.807, 2.05) is 42.5 Å². The number of nitrogens with one attached hydrogen (secondary N) is 1. The van der Waals surface area contributed by atoms with Crippen molar-refractivity contribution in [3.63, 3.8) is 0 Å². The van der Waals surface area contributed by atoms with E-state index in [9.17, 15) is 10.1 Å². The summed E-state index contributed by atoms with van der Waals surface area (Å²) in [5.74, 6) is 2.12. The van der Waals surface area contributed by atoms with Gasteiger partial charge in [0.25, 0.3) is 0 Å². The summed E-state index contributed by atoms with van der Waals surface area (Å²) in [4.78, 5) is 17.0. The number of aromatic nitrogens is 1. The number of pyridine rings is 1. The van der Waals surface area contributed by atoms with Gasteiger partial charge in [-0.15, -0.1) is 0 Å². The van der Waals surface area contributed by atoms with E-state index in [-0.39, 0.29) is 11.7 Å². The zero-order valence-electron chi connectivity index (χ0n) is 18.8. The molecular weight excluding hydrogens is 438 g/mol. The van der Waals surface area contributed by atoms with Crippen molar-refractivity contribution in [3.8, 4) is 34.6 Å². The Kier molecular flexibility index (Phi) is 8.56. The number of nitrogens with zero attached hydrogens (tertiary/aromatic N) is 2. The van der Waals surface area contributed by atoms with Gasteiger partial charge < -0.3 is 19.5 Å².